The number of fused-ring (bicyclic) bond motifs is 1. The van der Waals surface area contributed by atoms with Crippen molar-refractivity contribution in [2.24, 2.45) is 5.73 Å². The van der Waals surface area contributed by atoms with Crippen molar-refractivity contribution in [3.05, 3.63) is 89.5 Å². The Morgan fingerprint density at radius 1 is 1.08 bits per heavy atom. The summed E-state index contributed by atoms with van der Waals surface area (Å²) in [5.74, 6) is 0. The van der Waals surface area contributed by atoms with Crippen molar-refractivity contribution in [2.75, 3.05) is 0 Å². The molecule has 118 valence electrons. The van der Waals surface area contributed by atoms with Crippen molar-refractivity contribution in [3.63, 3.8) is 0 Å². The SMILES string of the molecule is NC(=O)n1ncc2c1CC(c1ccccc1)(c1ccncc1)C=C2. The lowest BCUT2D eigenvalue weighted by molar-refractivity contribution is 0.246. The van der Waals surface area contributed by atoms with Gasteiger partial charge in [0.2, 0.25) is 0 Å². The Kier molecular flexibility index (Phi) is 3.27. The van der Waals surface area contributed by atoms with Gasteiger partial charge in [-0.2, -0.15) is 9.78 Å². The van der Waals surface area contributed by atoms with Gasteiger partial charge in [-0.3, -0.25) is 4.98 Å². The van der Waals surface area contributed by atoms with Crippen LogP contribution in [0.1, 0.15) is 22.4 Å². The molecular formula is C19H16N4O. The number of rotatable bonds is 2. The van der Waals surface area contributed by atoms with Gasteiger partial charge >= 0.3 is 6.03 Å². The molecule has 1 aliphatic carbocycles. The molecular weight excluding hydrogens is 300 g/mol. The van der Waals surface area contributed by atoms with E-state index in [-0.39, 0.29) is 5.41 Å². The lowest BCUT2D eigenvalue weighted by atomic mass is 9.69. The van der Waals surface area contributed by atoms with E-state index in [4.69, 9.17) is 5.73 Å². The number of aromatic nitrogens is 3. The number of pyridine rings is 1. The first kappa shape index (κ1) is 14.4. The third-order valence-electron chi connectivity index (χ3n) is 4.59. The Morgan fingerprint density at radius 2 is 1.79 bits per heavy atom. The minimum Gasteiger partial charge on any atom is -0.350 e. The molecule has 3 aromatic rings. The summed E-state index contributed by atoms with van der Waals surface area (Å²) < 4.78 is 1.29. The van der Waals surface area contributed by atoms with Crippen molar-refractivity contribution >= 4 is 12.1 Å². The van der Waals surface area contributed by atoms with Crippen LogP contribution in [0.5, 0.6) is 0 Å². The smallest absolute Gasteiger partial charge is 0.339 e. The summed E-state index contributed by atoms with van der Waals surface area (Å²) in [5, 5.41) is 4.13. The zero-order valence-electron chi connectivity index (χ0n) is 13.0. The van der Waals surface area contributed by atoms with Gasteiger partial charge in [-0.05, 0) is 23.3 Å². The molecule has 5 heteroatoms. The van der Waals surface area contributed by atoms with Crippen molar-refractivity contribution in [3.8, 4) is 0 Å². The summed E-state index contributed by atoms with van der Waals surface area (Å²) in [5.41, 5.74) is 9.10. The third-order valence-corrected chi connectivity index (χ3v) is 4.59. The second-order valence-corrected chi connectivity index (χ2v) is 5.88. The second kappa shape index (κ2) is 5.45. The number of carbonyl (C=O) groups excluding carboxylic acids is 1. The Labute approximate surface area is 139 Å². The average Bonchev–Trinajstić information content (AvgIpc) is 3.06. The molecule has 0 bridgehead atoms. The Balaban J connectivity index is 1.93. The molecule has 0 fully saturated rings. The fourth-order valence-electron chi connectivity index (χ4n) is 3.40. The number of nitrogens with zero attached hydrogens (tertiary/aromatic N) is 3. The van der Waals surface area contributed by atoms with E-state index in [9.17, 15) is 4.79 Å². The molecule has 1 atom stereocenters. The number of amides is 1. The minimum absolute atomic E-state index is 0.384. The van der Waals surface area contributed by atoms with Gasteiger partial charge in [-0.1, -0.05) is 42.5 Å². The maximum atomic E-state index is 11.7. The quantitative estimate of drug-likeness (QED) is 0.790. The zero-order valence-corrected chi connectivity index (χ0v) is 13.0. The lowest BCUT2D eigenvalue weighted by Gasteiger charge is -2.34. The highest BCUT2D eigenvalue weighted by Gasteiger charge is 2.36. The average molecular weight is 316 g/mol. The minimum atomic E-state index is -0.566. The summed E-state index contributed by atoms with van der Waals surface area (Å²) in [7, 11) is 0. The van der Waals surface area contributed by atoms with E-state index in [1.54, 1.807) is 18.6 Å². The van der Waals surface area contributed by atoms with Crippen LogP contribution in [-0.4, -0.2) is 20.8 Å². The van der Waals surface area contributed by atoms with Crippen LogP contribution in [0, 0.1) is 0 Å². The fourth-order valence-corrected chi connectivity index (χ4v) is 3.40. The number of hydrogen-bond acceptors (Lipinski definition) is 3. The molecule has 2 aromatic heterocycles. The van der Waals surface area contributed by atoms with Gasteiger partial charge in [0.1, 0.15) is 0 Å². The summed E-state index contributed by atoms with van der Waals surface area (Å²) in [4.78, 5) is 15.8. The highest BCUT2D eigenvalue weighted by molar-refractivity contribution is 5.77. The van der Waals surface area contributed by atoms with E-state index in [1.807, 2.05) is 36.4 Å². The van der Waals surface area contributed by atoms with E-state index < -0.39 is 6.03 Å². The maximum Gasteiger partial charge on any atom is 0.339 e. The molecule has 0 saturated carbocycles. The first-order chi connectivity index (χ1) is 11.7. The molecule has 1 unspecified atom stereocenters. The predicted octanol–water partition coefficient (Wildman–Crippen LogP) is 2.76. The van der Waals surface area contributed by atoms with Crippen molar-refractivity contribution in [1.82, 2.24) is 14.8 Å². The number of benzene rings is 1. The van der Waals surface area contributed by atoms with E-state index in [1.165, 1.54) is 4.68 Å². The topological polar surface area (TPSA) is 73.8 Å². The monoisotopic (exact) mass is 316 g/mol. The fraction of sp³-hybridized carbons (Fsp3) is 0.105. The Hall–Kier alpha value is -3.21. The van der Waals surface area contributed by atoms with Crippen LogP contribution in [0.2, 0.25) is 0 Å². The number of hydrogen-bond donors (Lipinski definition) is 1. The van der Waals surface area contributed by atoms with Gasteiger partial charge < -0.3 is 5.73 Å². The second-order valence-electron chi connectivity index (χ2n) is 5.88. The van der Waals surface area contributed by atoms with E-state index in [2.05, 4.69) is 28.3 Å². The van der Waals surface area contributed by atoms with Crippen molar-refractivity contribution < 1.29 is 4.79 Å². The molecule has 1 amide bonds. The van der Waals surface area contributed by atoms with Gasteiger partial charge in [-0.15, -0.1) is 0 Å². The van der Waals surface area contributed by atoms with Crippen molar-refractivity contribution in [1.29, 1.82) is 0 Å². The van der Waals surface area contributed by atoms with Crippen LogP contribution in [-0.2, 0) is 11.8 Å². The number of allylic oxidation sites excluding steroid dienone is 1. The van der Waals surface area contributed by atoms with Crippen LogP contribution in [0.3, 0.4) is 0 Å². The molecule has 2 heterocycles. The molecule has 0 radical (unpaired) electrons. The normalized spacial score (nSPS) is 19.0. The van der Waals surface area contributed by atoms with Crippen LogP contribution >= 0.6 is 0 Å². The number of primary amides is 1. The lowest BCUT2D eigenvalue weighted by Crippen LogP contribution is -2.33. The third kappa shape index (κ3) is 2.13. The van der Waals surface area contributed by atoms with Gasteiger partial charge in [0.15, 0.2) is 0 Å². The van der Waals surface area contributed by atoms with E-state index >= 15 is 0 Å². The Bertz CT molecular complexity index is 874. The highest BCUT2D eigenvalue weighted by atomic mass is 16.2. The van der Waals surface area contributed by atoms with Crippen LogP contribution < -0.4 is 5.73 Å². The summed E-state index contributed by atoms with van der Waals surface area (Å²) in [6, 6.07) is 13.7. The first-order valence-corrected chi connectivity index (χ1v) is 7.73. The number of nitrogens with two attached hydrogens (primary N) is 1. The first-order valence-electron chi connectivity index (χ1n) is 7.73. The molecule has 0 aliphatic heterocycles. The van der Waals surface area contributed by atoms with Crippen molar-refractivity contribution in [2.45, 2.75) is 11.8 Å². The van der Waals surface area contributed by atoms with Crippen LogP contribution in [0.4, 0.5) is 4.79 Å². The summed E-state index contributed by atoms with van der Waals surface area (Å²) >= 11 is 0. The van der Waals surface area contributed by atoms with Gasteiger partial charge in [0.05, 0.1) is 11.9 Å². The maximum absolute atomic E-state index is 11.7. The molecule has 0 spiro atoms. The standard InChI is InChI=1S/C19H16N4O/c20-18(24)23-17-12-19(9-6-14(17)13-22-23,15-4-2-1-3-5-15)16-7-10-21-11-8-16/h1-11,13H,12H2,(H2,20,24). The zero-order chi connectivity index (χ0) is 16.6. The molecule has 5 nitrogen and oxygen atoms in total. The van der Waals surface area contributed by atoms with E-state index in [0.29, 0.717) is 6.42 Å². The molecule has 2 N–H and O–H groups in total. The molecule has 4 rings (SSSR count). The number of carbonyl (C=O) groups is 1. The molecule has 1 aliphatic rings. The predicted molar refractivity (Wildman–Crippen MR) is 91.4 cm³/mol. The van der Waals surface area contributed by atoms with Crippen LogP contribution in [0.15, 0.2) is 67.1 Å². The largest absolute Gasteiger partial charge is 0.350 e. The molecule has 0 saturated heterocycles. The van der Waals surface area contributed by atoms with E-state index in [0.717, 1.165) is 22.4 Å². The molecule has 24 heavy (non-hydrogen) atoms. The summed E-state index contributed by atoms with van der Waals surface area (Å²) in [6.45, 7) is 0. The van der Waals surface area contributed by atoms with Gasteiger partial charge in [0, 0.05) is 29.8 Å². The molecule has 1 aromatic carbocycles. The van der Waals surface area contributed by atoms with Gasteiger partial charge in [0.25, 0.3) is 0 Å². The summed E-state index contributed by atoms with van der Waals surface area (Å²) in [6.07, 6.45) is 10.0. The highest BCUT2D eigenvalue weighted by Crippen LogP contribution is 2.41. The van der Waals surface area contributed by atoms with Gasteiger partial charge in [-0.25, -0.2) is 4.79 Å². The Morgan fingerprint density at radius 3 is 2.50 bits per heavy atom. The van der Waals surface area contributed by atoms with Crippen LogP contribution in [0.25, 0.3) is 6.08 Å².